The molecule has 0 aliphatic heterocycles. The van der Waals surface area contributed by atoms with Crippen LogP contribution in [0.1, 0.15) is 0 Å². The molecule has 0 aromatic heterocycles. The molecule has 5 nitrogen and oxygen atoms in total. The van der Waals surface area contributed by atoms with Gasteiger partial charge in [0, 0.05) is 0 Å². The van der Waals surface area contributed by atoms with E-state index in [0.717, 1.165) is 0 Å². The molecule has 0 saturated heterocycles. The van der Waals surface area contributed by atoms with Crippen LogP contribution in [0, 0.1) is 0 Å². The zero-order valence-electron chi connectivity index (χ0n) is 3.24. The molecule has 3 N–H and O–H groups in total. The second kappa shape index (κ2) is 3.18. The minimum Gasteiger partial charge on any atom is -0.401 e. The summed E-state index contributed by atoms with van der Waals surface area (Å²) in [5, 5.41) is 15.4. The van der Waals surface area contributed by atoms with Gasteiger partial charge in [0.05, 0.1) is 0 Å². The third-order valence-corrected chi connectivity index (χ3v) is 0.619. The zero-order valence-corrected chi connectivity index (χ0v) is 4.24. The van der Waals surface area contributed by atoms with Gasteiger partial charge in [-0.05, 0) is 0 Å². The Morgan fingerprint density at radius 2 is 2.00 bits per heavy atom. The van der Waals surface area contributed by atoms with E-state index in [4.69, 9.17) is 14.9 Å². The standard InChI is InChI=1S/BH4O5P/c2-1(3)6-7(4)5/h2-3,7H,(H,4,5). The van der Waals surface area contributed by atoms with Crippen LogP contribution in [0.2, 0.25) is 0 Å². The number of hydrogen-bond donors (Lipinski definition) is 3. The predicted molar refractivity (Wildman–Crippen MR) is 22.5 cm³/mol. The lowest BCUT2D eigenvalue weighted by Crippen LogP contribution is -2.11. The summed E-state index contributed by atoms with van der Waals surface area (Å²) in [7, 11) is -5.33. The first kappa shape index (κ1) is 7.13. The summed E-state index contributed by atoms with van der Waals surface area (Å²) in [5.74, 6) is 0. The molecule has 1 atom stereocenters. The Bertz CT molecular complexity index is 68.5. The van der Waals surface area contributed by atoms with E-state index in [1.54, 1.807) is 0 Å². The third-order valence-electron chi connectivity index (χ3n) is 0.206. The molecule has 7 heavy (non-hydrogen) atoms. The van der Waals surface area contributed by atoms with Gasteiger partial charge in [-0.2, -0.15) is 0 Å². The van der Waals surface area contributed by atoms with Gasteiger partial charge in [-0.3, -0.25) is 4.57 Å². The van der Waals surface area contributed by atoms with Crippen molar-refractivity contribution >= 4 is 15.6 Å². The summed E-state index contributed by atoms with van der Waals surface area (Å²) < 4.78 is 12.9. The van der Waals surface area contributed by atoms with Gasteiger partial charge in [0.2, 0.25) is 0 Å². The molecular weight excluding hydrogens is 122 g/mol. The lowest BCUT2D eigenvalue weighted by atomic mass is 10.3. The van der Waals surface area contributed by atoms with Crippen LogP contribution < -0.4 is 0 Å². The van der Waals surface area contributed by atoms with Gasteiger partial charge in [0.25, 0.3) is 0 Å². The van der Waals surface area contributed by atoms with Gasteiger partial charge in [0.1, 0.15) is 0 Å². The molecule has 42 valence electrons. The molecule has 0 aromatic carbocycles. The minimum absolute atomic E-state index is 2.14. The second-order valence-corrected chi connectivity index (χ2v) is 1.48. The van der Waals surface area contributed by atoms with Crippen molar-refractivity contribution in [3.63, 3.8) is 0 Å². The quantitative estimate of drug-likeness (QED) is 0.305. The topological polar surface area (TPSA) is 87.0 Å². The lowest BCUT2D eigenvalue weighted by molar-refractivity contribution is 0.274. The Hall–Kier alpha value is 0.135. The van der Waals surface area contributed by atoms with Crippen LogP contribution in [0.25, 0.3) is 0 Å². The van der Waals surface area contributed by atoms with E-state index in [1.165, 1.54) is 0 Å². The molecule has 0 aromatic rings. The molecule has 0 rings (SSSR count). The van der Waals surface area contributed by atoms with Gasteiger partial charge >= 0.3 is 15.6 Å². The highest BCUT2D eigenvalue weighted by atomic mass is 31.1. The highest BCUT2D eigenvalue weighted by Gasteiger charge is 2.09. The zero-order chi connectivity index (χ0) is 5.86. The summed E-state index contributed by atoms with van der Waals surface area (Å²) in [6.45, 7) is 0. The molecule has 0 saturated carbocycles. The monoisotopic (exact) mass is 126 g/mol. The van der Waals surface area contributed by atoms with E-state index >= 15 is 0 Å². The molecule has 0 radical (unpaired) electrons. The number of rotatable bonds is 2. The van der Waals surface area contributed by atoms with E-state index in [-0.39, 0.29) is 0 Å². The molecule has 0 aliphatic carbocycles. The predicted octanol–water partition coefficient (Wildman–Crippen LogP) is -1.65. The van der Waals surface area contributed by atoms with Crippen LogP contribution in [0.4, 0.5) is 0 Å². The van der Waals surface area contributed by atoms with Gasteiger partial charge in [-0.25, -0.2) is 0 Å². The summed E-state index contributed by atoms with van der Waals surface area (Å²) in [5.41, 5.74) is 0. The molecule has 1 unspecified atom stereocenters. The molecule has 0 spiro atoms. The smallest absolute Gasteiger partial charge is 0.401 e. The third kappa shape index (κ3) is 6.13. The SMILES string of the molecule is O=[PH](O)OB(O)O. The van der Waals surface area contributed by atoms with Crippen LogP contribution in [0.5, 0.6) is 0 Å². The van der Waals surface area contributed by atoms with E-state index in [9.17, 15) is 4.57 Å². The van der Waals surface area contributed by atoms with Crippen LogP contribution in [-0.2, 0) is 9.01 Å². The van der Waals surface area contributed by atoms with Crippen LogP contribution >= 0.6 is 8.25 Å². The molecule has 0 aliphatic rings. The molecule has 0 fully saturated rings. The van der Waals surface area contributed by atoms with E-state index in [2.05, 4.69) is 4.44 Å². The van der Waals surface area contributed by atoms with E-state index < -0.39 is 15.6 Å². The van der Waals surface area contributed by atoms with Crippen molar-refractivity contribution in [2.75, 3.05) is 0 Å². The first-order valence-corrected chi connectivity index (χ1v) is 2.65. The molecule has 0 heterocycles. The van der Waals surface area contributed by atoms with Gasteiger partial charge in [0.15, 0.2) is 0 Å². The first-order valence-electron chi connectivity index (χ1n) is 1.38. The normalized spacial score (nSPS) is 13.6. The summed E-state index contributed by atoms with van der Waals surface area (Å²) in [6, 6.07) is 0. The van der Waals surface area contributed by atoms with Crippen molar-refractivity contribution in [2.45, 2.75) is 0 Å². The molecule has 0 bridgehead atoms. The van der Waals surface area contributed by atoms with Crippen molar-refractivity contribution in [3.05, 3.63) is 0 Å². The van der Waals surface area contributed by atoms with Gasteiger partial charge in [-0.1, -0.05) is 0 Å². The molecule has 7 heteroatoms. The van der Waals surface area contributed by atoms with Crippen molar-refractivity contribution in [1.29, 1.82) is 0 Å². The Kier molecular flexibility index (Phi) is 3.24. The fraction of sp³-hybridized carbons (Fsp3) is 0. The second-order valence-electron chi connectivity index (χ2n) is 0.710. The fourth-order valence-electron chi connectivity index (χ4n) is 0.0902. The summed E-state index contributed by atoms with van der Waals surface area (Å²) in [6.07, 6.45) is 0. The molecular formula is H4BO5P. The Labute approximate surface area is 40.7 Å². The Morgan fingerprint density at radius 1 is 1.57 bits per heavy atom. The van der Waals surface area contributed by atoms with E-state index in [0.29, 0.717) is 0 Å². The maximum atomic E-state index is 9.45. The summed E-state index contributed by atoms with van der Waals surface area (Å²) >= 11 is 0. The fourth-order valence-corrected chi connectivity index (χ4v) is 0.271. The maximum absolute atomic E-state index is 9.45. The Morgan fingerprint density at radius 3 is 2.00 bits per heavy atom. The lowest BCUT2D eigenvalue weighted by Gasteiger charge is -1.91. The number of hydrogen-bond acceptors (Lipinski definition) is 4. The summed E-state index contributed by atoms with van der Waals surface area (Å²) in [4.78, 5) is 7.73. The molecule has 0 amide bonds. The van der Waals surface area contributed by atoms with Gasteiger partial charge in [-0.15, -0.1) is 0 Å². The maximum Gasteiger partial charge on any atom is 0.640 e. The van der Waals surface area contributed by atoms with Crippen molar-refractivity contribution < 1.29 is 23.9 Å². The van der Waals surface area contributed by atoms with Crippen LogP contribution in [0.3, 0.4) is 0 Å². The van der Waals surface area contributed by atoms with Crippen molar-refractivity contribution in [1.82, 2.24) is 0 Å². The largest absolute Gasteiger partial charge is 0.640 e. The van der Waals surface area contributed by atoms with E-state index in [1.807, 2.05) is 0 Å². The first-order chi connectivity index (χ1) is 3.13. The average molecular weight is 126 g/mol. The van der Waals surface area contributed by atoms with Crippen molar-refractivity contribution in [3.8, 4) is 0 Å². The highest BCUT2D eigenvalue weighted by molar-refractivity contribution is 7.33. The van der Waals surface area contributed by atoms with Crippen LogP contribution in [-0.4, -0.2) is 22.3 Å². The van der Waals surface area contributed by atoms with Crippen LogP contribution in [0.15, 0.2) is 0 Å². The highest BCUT2D eigenvalue weighted by Crippen LogP contribution is 2.13. The van der Waals surface area contributed by atoms with Gasteiger partial charge < -0.3 is 19.4 Å². The average Bonchev–Trinajstić information content (AvgIpc) is 1.27. The minimum atomic E-state index is -3.18. The van der Waals surface area contributed by atoms with Crippen molar-refractivity contribution in [2.24, 2.45) is 0 Å². The Balaban J connectivity index is 3.13.